The summed E-state index contributed by atoms with van der Waals surface area (Å²) in [5.41, 5.74) is 1.50. The van der Waals surface area contributed by atoms with E-state index in [9.17, 15) is 9.59 Å². The minimum atomic E-state index is -0.683. The highest BCUT2D eigenvalue weighted by Crippen LogP contribution is 2.29. The van der Waals surface area contributed by atoms with Gasteiger partial charge in [0.2, 0.25) is 0 Å². The summed E-state index contributed by atoms with van der Waals surface area (Å²) >= 11 is 1.31. The minimum Gasteiger partial charge on any atom is -0.493 e. The molecule has 0 aliphatic rings. The number of amides is 1. The van der Waals surface area contributed by atoms with Gasteiger partial charge in [-0.3, -0.25) is 4.79 Å². The fraction of sp³-hybridized carbons (Fsp3) is 0.227. The number of anilines is 1. The van der Waals surface area contributed by atoms with Crippen LogP contribution in [0, 0.1) is 11.3 Å². The van der Waals surface area contributed by atoms with E-state index in [0.29, 0.717) is 17.2 Å². The highest BCUT2D eigenvalue weighted by atomic mass is 32.2. The van der Waals surface area contributed by atoms with Crippen molar-refractivity contribution >= 4 is 35.4 Å². The molecular formula is C22H22N2O5S. The first-order valence-electron chi connectivity index (χ1n) is 9.05. The maximum atomic E-state index is 12.1. The van der Waals surface area contributed by atoms with Gasteiger partial charge in [0.1, 0.15) is 0 Å². The summed E-state index contributed by atoms with van der Waals surface area (Å²) in [4.78, 5) is 24.8. The van der Waals surface area contributed by atoms with Crippen LogP contribution in [-0.4, -0.2) is 38.0 Å². The topological polar surface area (TPSA) is 97.6 Å². The largest absolute Gasteiger partial charge is 0.493 e. The molecule has 0 aromatic heterocycles. The lowest BCUT2D eigenvalue weighted by atomic mass is 10.2. The molecule has 2 aromatic rings. The van der Waals surface area contributed by atoms with Gasteiger partial charge in [-0.2, -0.15) is 5.26 Å². The third kappa shape index (κ3) is 7.18. The van der Waals surface area contributed by atoms with Crippen LogP contribution in [0.1, 0.15) is 12.5 Å². The van der Waals surface area contributed by atoms with E-state index in [2.05, 4.69) is 5.32 Å². The fourth-order valence-corrected chi connectivity index (χ4v) is 3.09. The van der Waals surface area contributed by atoms with Crippen LogP contribution < -0.4 is 14.8 Å². The Morgan fingerprint density at radius 3 is 2.70 bits per heavy atom. The maximum absolute atomic E-state index is 12.1. The maximum Gasteiger partial charge on any atom is 0.344 e. The molecule has 0 aliphatic heterocycles. The highest BCUT2D eigenvalue weighted by molar-refractivity contribution is 7.99. The number of thioether (sulfide) groups is 1. The molecule has 156 valence electrons. The monoisotopic (exact) mass is 426 g/mol. The standard InChI is InChI=1S/C22H22N2O5S/c1-3-6-16-9-10-18(19(13-16)27-2)28-15-22(26)29-14-21(25)24-17-7-4-5-8-20(17)30-12-11-23/h3-10,13H,12,14-15H2,1-2H3,(H,24,25)/b6-3+. The lowest BCUT2D eigenvalue weighted by Crippen LogP contribution is -2.24. The van der Waals surface area contributed by atoms with Crippen molar-refractivity contribution in [3.8, 4) is 17.6 Å². The molecule has 0 bridgehead atoms. The minimum absolute atomic E-state index is 0.262. The fourth-order valence-electron chi connectivity index (χ4n) is 2.42. The molecule has 0 saturated carbocycles. The van der Waals surface area contributed by atoms with E-state index in [4.69, 9.17) is 19.5 Å². The number of ether oxygens (including phenoxy) is 3. The Morgan fingerprint density at radius 2 is 1.97 bits per heavy atom. The quantitative estimate of drug-likeness (QED) is 0.454. The molecule has 0 aliphatic carbocycles. The lowest BCUT2D eigenvalue weighted by Gasteiger charge is -2.12. The van der Waals surface area contributed by atoms with Gasteiger partial charge in [-0.1, -0.05) is 30.4 Å². The molecule has 0 heterocycles. The second-order valence-corrected chi connectivity index (χ2v) is 6.87. The number of allylic oxidation sites excluding steroid dienone is 1. The second kappa shape index (κ2) is 12.2. The predicted molar refractivity (Wildman–Crippen MR) is 116 cm³/mol. The number of methoxy groups -OCH3 is 1. The molecule has 2 aromatic carbocycles. The van der Waals surface area contributed by atoms with E-state index in [1.807, 2.05) is 37.3 Å². The van der Waals surface area contributed by atoms with E-state index in [1.165, 1.54) is 18.9 Å². The molecule has 1 N–H and O–H groups in total. The normalized spacial score (nSPS) is 10.3. The van der Waals surface area contributed by atoms with Crippen molar-refractivity contribution in [3.05, 3.63) is 54.1 Å². The van der Waals surface area contributed by atoms with Gasteiger partial charge in [-0.05, 0) is 36.8 Å². The Morgan fingerprint density at radius 1 is 1.17 bits per heavy atom. The van der Waals surface area contributed by atoms with Crippen LogP contribution in [0.25, 0.3) is 6.08 Å². The first-order chi connectivity index (χ1) is 14.6. The van der Waals surface area contributed by atoms with Crippen LogP contribution in [0.15, 0.2) is 53.4 Å². The summed E-state index contributed by atoms with van der Waals surface area (Å²) in [5.74, 6) is -0.0185. The Hall–Kier alpha value is -3.44. The summed E-state index contributed by atoms with van der Waals surface area (Å²) in [5, 5.41) is 11.4. The molecule has 30 heavy (non-hydrogen) atoms. The third-order valence-electron chi connectivity index (χ3n) is 3.71. The van der Waals surface area contributed by atoms with Crippen molar-refractivity contribution in [3.63, 3.8) is 0 Å². The lowest BCUT2D eigenvalue weighted by molar-refractivity contribution is -0.149. The van der Waals surface area contributed by atoms with E-state index >= 15 is 0 Å². The molecule has 0 radical (unpaired) electrons. The molecule has 1 amide bonds. The number of carbonyl (C=O) groups excluding carboxylic acids is 2. The first-order valence-corrected chi connectivity index (χ1v) is 10.0. The van der Waals surface area contributed by atoms with Crippen molar-refractivity contribution in [2.45, 2.75) is 11.8 Å². The molecule has 0 fully saturated rings. The predicted octanol–water partition coefficient (Wildman–Crippen LogP) is 3.90. The van der Waals surface area contributed by atoms with E-state index < -0.39 is 18.5 Å². The smallest absolute Gasteiger partial charge is 0.344 e. The molecular weight excluding hydrogens is 404 g/mol. The summed E-state index contributed by atoms with van der Waals surface area (Å²) in [6.45, 7) is 1.10. The van der Waals surface area contributed by atoms with Crippen molar-refractivity contribution in [1.29, 1.82) is 5.26 Å². The molecule has 0 saturated heterocycles. The SMILES string of the molecule is C/C=C/c1ccc(OCC(=O)OCC(=O)Nc2ccccc2SCC#N)c(OC)c1. The van der Waals surface area contributed by atoms with Crippen LogP contribution in [0.3, 0.4) is 0 Å². The van der Waals surface area contributed by atoms with Crippen molar-refractivity contribution in [1.82, 2.24) is 0 Å². The molecule has 0 spiro atoms. The van der Waals surface area contributed by atoms with Gasteiger partial charge in [0.05, 0.1) is 24.6 Å². The molecule has 0 unspecified atom stereocenters. The summed E-state index contributed by atoms with van der Waals surface area (Å²) < 4.78 is 15.7. The number of hydrogen-bond donors (Lipinski definition) is 1. The number of hydrogen-bond acceptors (Lipinski definition) is 7. The van der Waals surface area contributed by atoms with Gasteiger partial charge in [-0.15, -0.1) is 11.8 Å². The average Bonchev–Trinajstić information content (AvgIpc) is 2.76. The third-order valence-corrected chi connectivity index (χ3v) is 4.65. The van der Waals surface area contributed by atoms with Crippen molar-refractivity contribution in [2.24, 2.45) is 0 Å². The average molecular weight is 426 g/mol. The van der Waals surface area contributed by atoms with Gasteiger partial charge in [0.25, 0.3) is 5.91 Å². The Bertz CT molecular complexity index is 953. The Labute approximate surface area is 179 Å². The van der Waals surface area contributed by atoms with Gasteiger partial charge in [0, 0.05) is 4.90 Å². The number of nitriles is 1. The zero-order chi connectivity index (χ0) is 21.8. The molecule has 8 heteroatoms. The van der Waals surface area contributed by atoms with Gasteiger partial charge < -0.3 is 19.5 Å². The number of nitrogens with one attached hydrogen (secondary N) is 1. The van der Waals surface area contributed by atoms with Crippen LogP contribution in [-0.2, 0) is 14.3 Å². The van der Waals surface area contributed by atoms with Gasteiger partial charge in [-0.25, -0.2) is 4.79 Å². The summed E-state index contributed by atoms with van der Waals surface area (Å²) in [6.07, 6.45) is 3.81. The van der Waals surface area contributed by atoms with Crippen LogP contribution in [0.5, 0.6) is 11.5 Å². The number of nitrogens with zero attached hydrogens (tertiary/aromatic N) is 1. The number of para-hydroxylation sites is 1. The number of esters is 1. The first kappa shape index (κ1) is 22.8. The summed E-state index contributed by atoms with van der Waals surface area (Å²) in [7, 11) is 1.51. The molecule has 0 atom stereocenters. The van der Waals surface area contributed by atoms with E-state index in [0.717, 1.165) is 10.5 Å². The Balaban J connectivity index is 1.84. The zero-order valence-electron chi connectivity index (χ0n) is 16.7. The van der Waals surface area contributed by atoms with Crippen LogP contribution in [0.2, 0.25) is 0 Å². The number of benzene rings is 2. The van der Waals surface area contributed by atoms with Gasteiger partial charge in [0.15, 0.2) is 24.7 Å². The van der Waals surface area contributed by atoms with Crippen LogP contribution in [0.4, 0.5) is 5.69 Å². The number of rotatable bonds is 10. The van der Waals surface area contributed by atoms with Crippen molar-refractivity contribution < 1.29 is 23.8 Å². The number of carbonyl (C=O) groups is 2. The Kier molecular flexibility index (Phi) is 9.28. The van der Waals surface area contributed by atoms with Crippen LogP contribution >= 0.6 is 11.8 Å². The van der Waals surface area contributed by atoms with E-state index in [1.54, 1.807) is 30.3 Å². The second-order valence-electron chi connectivity index (χ2n) is 5.85. The molecule has 7 nitrogen and oxygen atoms in total. The molecule has 2 rings (SSSR count). The summed E-state index contributed by atoms with van der Waals surface area (Å²) in [6, 6.07) is 14.4. The van der Waals surface area contributed by atoms with Crippen molar-refractivity contribution in [2.75, 3.05) is 31.4 Å². The highest BCUT2D eigenvalue weighted by Gasteiger charge is 2.12. The van der Waals surface area contributed by atoms with Gasteiger partial charge >= 0.3 is 5.97 Å². The zero-order valence-corrected chi connectivity index (χ0v) is 17.5. The van der Waals surface area contributed by atoms with E-state index in [-0.39, 0.29) is 12.4 Å².